The van der Waals surface area contributed by atoms with Crippen LogP contribution in [-0.4, -0.2) is 25.0 Å². The molecular formula is C14H17ClO4. The number of hydrogen-bond acceptors (Lipinski definition) is 4. The van der Waals surface area contributed by atoms with E-state index in [0.29, 0.717) is 16.3 Å². The summed E-state index contributed by atoms with van der Waals surface area (Å²) >= 11 is 6.04. The highest BCUT2D eigenvalue weighted by Gasteiger charge is 2.13. The van der Waals surface area contributed by atoms with Crippen molar-refractivity contribution in [2.24, 2.45) is 0 Å². The molecule has 5 heteroatoms. The summed E-state index contributed by atoms with van der Waals surface area (Å²) in [5, 5.41) is 0.327. The molecule has 0 aromatic heterocycles. The van der Waals surface area contributed by atoms with Gasteiger partial charge in [-0.15, -0.1) is 0 Å². The van der Waals surface area contributed by atoms with Crippen LogP contribution in [-0.2, 0) is 9.53 Å². The van der Waals surface area contributed by atoms with Crippen LogP contribution in [0.25, 0.3) is 0 Å². The summed E-state index contributed by atoms with van der Waals surface area (Å²) in [5.74, 6) is 0.0141. The van der Waals surface area contributed by atoms with Gasteiger partial charge in [-0.2, -0.15) is 0 Å². The number of Topliss-reactive ketones (excluding diaryl/α,β-unsaturated/α-hetero) is 1. The maximum atomic E-state index is 11.9. The van der Waals surface area contributed by atoms with E-state index in [2.05, 4.69) is 4.74 Å². The number of carbonyl (C=O) groups is 2. The van der Waals surface area contributed by atoms with Crippen LogP contribution in [0, 0.1) is 0 Å². The van der Waals surface area contributed by atoms with Crippen molar-refractivity contribution in [2.45, 2.75) is 32.8 Å². The van der Waals surface area contributed by atoms with Crippen LogP contribution < -0.4 is 4.74 Å². The molecule has 19 heavy (non-hydrogen) atoms. The molecule has 0 aliphatic heterocycles. The second kappa shape index (κ2) is 7.14. The number of ketones is 1. The quantitative estimate of drug-likeness (QED) is 0.594. The highest BCUT2D eigenvalue weighted by atomic mass is 35.5. The van der Waals surface area contributed by atoms with Crippen molar-refractivity contribution in [3.63, 3.8) is 0 Å². The Bertz CT molecular complexity index is 469. The lowest BCUT2D eigenvalue weighted by molar-refractivity contribution is -0.140. The van der Waals surface area contributed by atoms with E-state index in [4.69, 9.17) is 16.3 Å². The van der Waals surface area contributed by atoms with Crippen molar-refractivity contribution >= 4 is 23.4 Å². The first-order chi connectivity index (χ1) is 8.93. The minimum absolute atomic E-state index is 0.0388. The van der Waals surface area contributed by atoms with E-state index in [1.54, 1.807) is 18.2 Å². The van der Waals surface area contributed by atoms with Gasteiger partial charge in [0.2, 0.25) is 0 Å². The van der Waals surface area contributed by atoms with Gasteiger partial charge < -0.3 is 9.47 Å². The van der Waals surface area contributed by atoms with Crippen molar-refractivity contribution in [1.82, 2.24) is 0 Å². The molecule has 0 saturated carbocycles. The largest absolute Gasteiger partial charge is 0.491 e. The van der Waals surface area contributed by atoms with Crippen LogP contribution in [0.2, 0.25) is 5.02 Å². The minimum Gasteiger partial charge on any atom is -0.491 e. The number of halogens is 1. The number of benzene rings is 1. The standard InChI is InChI=1S/C14H17ClO4/c1-9(2)19-10-4-5-11(12(15)8-10)13(16)6-7-14(17)18-3/h4-5,8-9H,6-7H2,1-3H3. The smallest absolute Gasteiger partial charge is 0.305 e. The molecule has 0 unspecified atom stereocenters. The van der Waals surface area contributed by atoms with E-state index in [-0.39, 0.29) is 24.7 Å². The molecule has 0 bridgehead atoms. The summed E-state index contributed by atoms with van der Waals surface area (Å²) in [7, 11) is 1.29. The molecule has 0 heterocycles. The molecule has 104 valence electrons. The Labute approximate surface area is 117 Å². The molecule has 0 atom stereocenters. The zero-order valence-corrected chi connectivity index (χ0v) is 12.0. The van der Waals surface area contributed by atoms with Crippen LogP contribution in [0.1, 0.15) is 37.0 Å². The molecule has 1 aromatic carbocycles. The summed E-state index contributed by atoms with van der Waals surface area (Å²) in [6, 6.07) is 4.91. The maximum Gasteiger partial charge on any atom is 0.305 e. The Morgan fingerprint density at radius 3 is 2.47 bits per heavy atom. The number of esters is 1. The van der Waals surface area contributed by atoms with Crippen LogP contribution in [0.3, 0.4) is 0 Å². The predicted octanol–water partition coefficient (Wildman–Crippen LogP) is 3.26. The molecule has 1 rings (SSSR count). The number of methoxy groups -OCH3 is 1. The van der Waals surface area contributed by atoms with Gasteiger partial charge in [-0.05, 0) is 32.0 Å². The topological polar surface area (TPSA) is 52.6 Å². The van der Waals surface area contributed by atoms with E-state index in [1.807, 2.05) is 13.8 Å². The molecular weight excluding hydrogens is 268 g/mol. The Morgan fingerprint density at radius 1 is 1.26 bits per heavy atom. The average Bonchev–Trinajstić information content (AvgIpc) is 2.34. The fourth-order valence-electron chi connectivity index (χ4n) is 1.52. The number of ether oxygens (including phenoxy) is 2. The molecule has 0 amide bonds. The van der Waals surface area contributed by atoms with E-state index < -0.39 is 5.97 Å². The number of hydrogen-bond donors (Lipinski definition) is 0. The average molecular weight is 285 g/mol. The monoisotopic (exact) mass is 284 g/mol. The minimum atomic E-state index is -0.413. The summed E-state index contributed by atoms with van der Waals surface area (Å²) < 4.78 is 9.96. The molecule has 0 aliphatic carbocycles. The summed E-state index contributed by atoms with van der Waals surface area (Å²) in [4.78, 5) is 22.9. The van der Waals surface area contributed by atoms with Gasteiger partial charge in [0.25, 0.3) is 0 Å². The first-order valence-corrected chi connectivity index (χ1v) is 6.38. The lowest BCUT2D eigenvalue weighted by Gasteiger charge is -2.11. The molecule has 0 N–H and O–H groups in total. The second-order valence-corrected chi connectivity index (χ2v) is 4.71. The van der Waals surface area contributed by atoms with Gasteiger partial charge in [0, 0.05) is 12.0 Å². The zero-order valence-electron chi connectivity index (χ0n) is 11.2. The number of carbonyl (C=O) groups excluding carboxylic acids is 2. The van der Waals surface area contributed by atoms with Gasteiger partial charge in [-0.25, -0.2) is 0 Å². The van der Waals surface area contributed by atoms with Crippen LogP contribution in [0.5, 0.6) is 5.75 Å². The van der Waals surface area contributed by atoms with Crippen molar-refractivity contribution < 1.29 is 19.1 Å². The zero-order chi connectivity index (χ0) is 14.4. The van der Waals surface area contributed by atoms with Gasteiger partial charge in [-0.3, -0.25) is 9.59 Å². The van der Waals surface area contributed by atoms with Crippen LogP contribution in [0.4, 0.5) is 0 Å². The Kier molecular flexibility index (Phi) is 5.83. The first-order valence-electron chi connectivity index (χ1n) is 6.00. The van der Waals surface area contributed by atoms with Crippen LogP contribution in [0.15, 0.2) is 18.2 Å². The molecule has 0 radical (unpaired) electrons. The maximum absolute atomic E-state index is 11.9. The summed E-state index contributed by atoms with van der Waals surface area (Å²) in [6.45, 7) is 3.81. The molecule has 0 saturated heterocycles. The Morgan fingerprint density at radius 2 is 1.95 bits per heavy atom. The van der Waals surface area contributed by atoms with Gasteiger partial charge in [-0.1, -0.05) is 11.6 Å². The molecule has 1 aromatic rings. The summed E-state index contributed by atoms with van der Waals surface area (Å²) in [5.41, 5.74) is 0.390. The third kappa shape index (κ3) is 4.91. The van der Waals surface area contributed by atoms with Gasteiger partial charge in [0.05, 0.1) is 24.7 Å². The molecule has 0 aliphatic rings. The fourth-order valence-corrected chi connectivity index (χ4v) is 1.80. The fraction of sp³-hybridized carbons (Fsp3) is 0.429. The van der Waals surface area contributed by atoms with E-state index >= 15 is 0 Å². The highest BCUT2D eigenvalue weighted by molar-refractivity contribution is 6.34. The Balaban J connectivity index is 2.73. The first kappa shape index (κ1) is 15.5. The van der Waals surface area contributed by atoms with Crippen molar-refractivity contribution in [3.05, 3.63) is 28.8 Å². The second-order valence-electron chi connectivity index (χ2n) is 4.31. The lowest BCUT2D eigenvalue weighted by atomic mass is 10.1. The van der Waals surface area contributed by atoms with Gasteiger partial charge in [0.1, 0.15) is 5.75 Å². The van der Waals surface area contributed by atoms with Crippen molar-refractivity contribution in [2.75, 3.05) is 7.11 Å². The SMILES string of the molecule is COC(=O)CCC(=O)c1ccc(OC(C)C)cc1Cl. The van der Waals surface area contributed by atoms with E-state index in [1.165, 1.54) is 7.11 Å². The molecule has 0 fully saturated rings. The van der Waals surface area contributed by atoms with Gasteiger partial charge in [0.15, 0.2) is 5.78 Å². The summed E-state index contributed by atoms with van der Waals surface area (Å²) in [6.07, 6.45) is 0.170. The normalized spacial score (nSPS) is 10.4. The Hall–Kier alpha value is -1.55. The molecule has 0 spiro atoms. The number of rotatable bonds is 6. The van der Waals surface area contributed by atoms with Gasteiger partial charge >= 0.3 is 5.97 Å². The third-order valence-corrected chi connectivity index (χ3v) is 2.71. The highest BCUT2D eigenvalue weighted by Crippen LogP contribution is 2.24. The van der Waals surface area contributed by atoms with E-state index in [9.17, 15) is 9.59 Å². The third-order valence-electron chi connectivity index (χ3n) is 2.40. The molecule has 4 nitrogen and oxygen atoms in total. The van der Waals surface area contributed by atoms with E-state index in [0.717, 1.165) is 0 Å². The van der Waals surface area contributed by atoms with Crippen molar-refractivity contribution in [3.8, 4) is 5.75 Å². The van der Waals surface area contributed by atoms with Crippen LogP contribution >= 0.6 is 11.6 Å². The predicted molar refractivity (Wildman–Crippen MR) is 72.8 cm³/mol. The van der Waals surface area contributed by atoms with Crippen molar-refractivity contribution in [1.29, 1.82) is 0 Å². The lowest BCUT2D eigenvalue weighted by Crippen LogP contribution is -2.08.